The first-order valence-electron chi connectivity index (χ1n) is 6.85. The van der Waals surface area contributed by atoms with Gasteiger partial charge in [0.25, 0.3) is 11.8 Å². The van der Waals surface area contributed by atoms with E-state index in [0.717, 1.165) is 36.9 Å². The molecule has 1 aromatic rings. The van der Waals surface area contributed by atoms with Crippen LogP contribution < -0.4 is 9.47 Å². The van der Waals surface area contributed by atoms with Crippen molar-refractivity contribution in [3.63, 3.8) is 0 Å². The highest BCUT2D eigenvalue weighted by Crippen LogP contribution is 2.60. The zero-order chi connectivity index (χ0) is 12.9. The van der Waals surface area contributed by atoms with E-state index in [2.05, 4.69) is 19.0 Å². The smallest absolute Gasteiger partial charge is 0.291 e. The number of hydrogen-bond donors (Lipinski definition) is 0. The first kappa shape index (κ1) is 11.6. The minimum atomic E-state index is -0.302. The molecule has 3 saturated carbocycles. The Bertz CT molecular complexity index is 516. The fourth-order valence-corrected chi connectivity index (χ4v) is 3.93. The van der Waals surface area contributed by atoms with E-state index in [9.17, 15) is 0 Å². The van der Waals surface area contributed by atoms with Gasteiger partial charge in [-0.1, -0.05) is 0 Å². The van der Waals surface area contributed by atoms with Crippen molar-refractivity contribution in [2.75, 3.05) is 6.61 Å². The summed E-state index contributed by atoms with van der Waals surface area (Å²) in [5.74, 6) is 1.79. The Morgan fingerprint density at radius 3 is 2.63 bits per heavy atom. The van der Waals surface area contributed by atoms with E-state index in [0.29, 0.717) is 18.4 Å². The van der Waals surface area contributed by atoms with Crippen LogP contribution in [0.1, 0.15) is 39.0 Å². The maximum atomic E-state index is 6.26. The average Bonchev–Trinajstić information content (AvgIpc) is 3.06. The number of rotatable bonds is 4. The lowest BCUT2D eigenvalue weighted by Crippen LogP contribution is -2.58. The second kappa shape index (κ2) is 3.88. The minimum Gasteiger partial charge on any atom is -0.473 e. The van der Waals surface area contributed by atoms with Crippen molar-refractivity contribution in [3.8, 4) is 11.8 Å². The van der Waals surface area contributed by atoms with E-state index in [1.165, 1.54) is 12.8 Å². The highest BCUT2D eigenvalue weighted by molar-refractivity contribution is 6.99. The molecule has 1 aromatic heterocycles. The van der Waals surface area contributed by atoms with Gasteiger partial charge in [0.1, 0.15) is 0 Å². The van der Waals surface area contributed by atoms with Crippen LogP contribution in [0.15, 0.2) is 10.2 Å². The second-order valence-electron chi connectivity index (χ2n) is 5.57. The number of nitrogens with zero attached hydrogens (tertiary/aromatic N) is 4. The molecule has 0 unspecified atom stereocenters. The van der Waals surface area contributed by atoms with Crippen LogP contribution in [0, 0.1) is 5.92 Å². The zero-order valence-corrected chi connectivity index (χ0v) is 11.7. The van der Waals surface area contributed by atoms with Crippen LogP contribution in [0.25, 0.3) is 0 Å². The van der Waals surface area contributed by atoms with E-state index in [4.69, 9.17) is 9.47 Å². The van der Waals surface area contributed by atoms with Gasteiger partial charge in [-0.3, -0.25) is 0 Å². The van der Waals surface area contributed by atoms with E-state index >= 15 is 0 Å². The number of fused-ring (bicyclic) bond motifs is 2. The number of aromatic nitrogens is 2. The summed E-state index contributed by atoms with van der Waals surface area (Å²) in [6.07, 6.45) is 5.46. The summed E-state index contributed by atoms with van der Waals surface area (Å²) in [5, 5.41) is 8.64. The van der Waals surface area contributed by atoms with Gasteiger partial charge in [-0.25, -0.2) is 0 Å². The molecule has 0 amide bonds. The van der Waals surface area contributed by atoms with Crippen LogP contribution >= 0.6 is 11.7 Å². The summed E-state index contributed by atoms with van der Waals surface area (Å²) >= 11 is 1.13. The molecule has 3 fully saturated rings. The summed E-state index contributed by atoms with van der Waals surface area (Å²) in [4.78, 5) is 0. The minimum absolute atomic E-state index is 0.290. The topological polar surface area (TPSA) is 69.0 Å². The zero-order valence-electron chi connectivity index (χ0n) is 10.8. The van der Waals surface area contributed by atoms with Gasteiger partial charge < -0.3 is 9.47 Å². The van der Waals surface area contributed by atoms with Gasteiger partial charge in [0.15, 0.2) is 5.60 Å². The van der Waals surface area contributed by atoms with Gasteiger partial charge in [-0.2, -0.15) is 10.2 Å². The third-order valence-electron chi connectivity index (χ3n) is 4.56. The predicted octanol–water partition coefficient (Wildman–Crippen LogP) is 2.81. The molecular formula is C12H16N4O2S. The molecule has 7 heteroatoms. The largest absolute Gasteiger partial charge is 0.473 e. The molecular weight excluding hydrogens is 264 g/mol. The number of hydrogen-bond acceptors (Lipinski definition) is 7. The Kier molecular flexibility index (Phi) is 2.36. The highest BCUT2D eigenvalue weighted by Gasteiger charge is 2.67. The van der Waals surface area contributed by atoms with Crippen molar-refractivity contribution in [2.24, 2.45) is 16.1 Å². The van der Waals surface area contributed by atoms with Gasteiger partial charge in [-0.15, -0.1) is 8.75 Å². The normalized spacial score (nSPS) is 33.6. The Morgan fingerprint density at radius 1 is 1.21 bits per heavy atom. The molecule has 6 nitrogen and oxygen atoms in total. The van der Waals surface area contributed by atoms with Crippen molar-refractivity contribution >= 4 is 11.7 Å². The third-order valence-corrected chi connectivity index (χ3v) is 5.06. The Morgan fingerprint density at radius 2 is 1.95 bits per heavy atom. The molecule has 102 valence electrons. The molecule has 0 atom stereocenters. The quantitative estimate of drug-likeness (QED) is 0.850. The van der Waals surface area contributed by atoms with Crippen molar-refractivity contribution in [1.82, 2.24) is 8.75 Å². The van der Waals surface area contributed by atoms with Crippen molar-refractivity contribution in [1.29, 1.82) is 0 Å². The third kappa shape index (κ3) is 1.60. The van der Waals surface area contributed by atoms with Crippen LogP contribution in [-0.4, -0.2) is 26.6 Å². The lowest BCUT2D eigenvalue weighted by Gasteiger charge is -2.48. The lowest BCUT2D eigenvalue weighted by molar-refractivity contribution is -0.0728. The standard InChI is InChI=1S/C12H16N4O2S/c1-2-17-9-10(14-19-13-9)18-11-5-3-8(4-6-11)7-12(11)15-16-12/h8H,2-7H2,1H3. The molecule has 2 heterocycles. The molecule has 3 aliphatic carbocycles. The molecule has 1 spiro atoms. The molecule has 1 aliphatic heterocycles. The summed E-state index contributed by atoms with van der Waals surface area (Å²) in [6, 6.07) is 0. The van der Waals surface area contributed by atoms with E-state index < -0.39 is 0 Å². The average molecular weight is 280 g/mol. The number of ether oxygens (including phenoxy) is 2. The molecule has 2 bridgehead atoms. The van der Waals surface area contributed by atoms with Crippen molar-refractivity contribution in [3.05, 3.63) is 0 Å². The highest BCUT2D eigenvalue weighted by atomic mass is 32.1. The van der Waals surface area contributed by atoms with E-state index in [1.807, 2.05) is 6.92 Å². The molecule has 5 rings (SSSR count). The molecule has 0 radical (unpaired) electrons. The monoisotopic (exact) mass is 280 g/mol. The first-order chi connectivity index (χ1) is 9.27. The Hall–Kier alpha value is -1.24. The van der Waals surface area contributed by atoms with Crippen molar-refractivity contribution < 1.29 is 9.47 Å². The molecule has 0 saturated heterocycles. The predicted molar refractivity (Wildman–Crippen MR) is 68.6 cm³/mol. The fraction of sp³-hybridized carbons (Fsp3) is 0.833. The van der Waals surface area contributed by atoms with E-state index in [1.54, 1.807) is 0 Å². The van der Waals surface area contributed by atoms with Crippen LogP contribution in [0.2, 0.25) is 0 Å². The SMILES string of the molecule is CCOc1nsnc1OC12CCC(CC1)CC21N=N1. The summed E-state index contributed by atoms with van der Waals surface area (Å²) in [7, 11) is 0. The van der Waals surface area contributed by atoms with E-state index in [-0.39, 0.29) is 11.3 Å². The fourth-order valence-electron chi connectivity index (χ4n) is 3.49. The molecule has 0 N–H and O–H groups in total. The first-order valence-corrected chi connectivity index (χ1v) is 7.58. The maximum Gasteiger partial charge on any atom is 0.291 e. The lowest BCUT2D eigenvalue weighted by atomic mass is 9.62. The van der Waals surface area contributed by atoms with Crippen LogP contribution in [-0.2, 0) is 0 Å². The second-order valence-corrected chi connectivity index (χ2v) is 6.10. The Balaban J connectivity index is 1.62. The maximum absolute atomic E-state index is 6.26. The van der Waals surface area contributed by atoms with Crippen LogP contribution in [0.4, 0.5) is 0 Å². The Labute approximate surface area is 115 Å². The molecule has 4 aliphatic rings. The summed E-state index contributed by atoms with van der Waals surface area (Å²) in [6.45, 7) is 2.50. The van der Waals surface area contributed by atoms with Crippen LogP contribution in [0.5, 0.6) is 11.8 Å². The van der Waals surface area contributed by atoms with Gasteiger partial charge in [0.2, 0.25) is 5.66 Å². The van der Waals surface area contributed by atoms with Crippen LogP contribution in [0.3, 0.4) is 0 Å². The van der Waals surface area contributed by atoms with Gasteiger partial charge in [0, 0.05) is 6.42 Å². The summed E-state index contributed by atoms with van der Waals surface area (Å²) in [5.41, 5.74) is -0.593. The van der Waals surface area contributed by atoms with Gasteiger partial charge >= 0.3 is 0 Å². The van der Waals surface area contributed by atoms with Gasteiger partial charge in [0.05, 0.1) is 18.3 Å². The molecule has 0 aromatic carbocycles. The van der Waals surface area contributed by atoms with Crippen molar-refractivity contribution in [2.45, 2.75) is 50.3 Å². The molecule has 19 heavy (non-hydrogen) atoms. The van der Waals surface area contributed by atoms with Gasteiger partial charge in [-0.05, 0) is 38.5 Å². The summed E-state index contributed by atoms with van der Waals surface area (Å²) < 4.78 is 20.1.